The summed E-state index contributed by atoms with van der Waals surface area (Å²) in [5.41, 5.74) is 0.349. The molecule has 3 rings (SSSR count). The van der Waals surface area contributed by atoms with Crippen LogP contribution in [0.5, 0.6) is 5.75 Å². The molecule has 2 aliphatic rings. The SMILES string of the molecule is CCCN1CCC2(CC1)CC(=O)c1cc(Cl)ccc1O2. The van der Waals surface area contributed by atoms with Crippen LogP contribution in [0.2, 0.25) is 5.02 Å². The Labute approximate surface area is 124 Å². The Kier molecular flexibility index (Phi) is 3.74. The molecule has 0 radical (unpaired) electrons. The first-order chi connectivity index (χ1) is 9.62. The van der Waals surface area contributed by atoms with Crippen LogP contribution in [-0.2, 0) is 0 Å². The van der Waals surface area contributed by atoms with Gasteiger partial charge in [0, 0.05) is 31.0 Å². The van der Waals surface area contributed by atoms with Gasteiger partial charge in [-0.25, -0.2) is 0 Å². The lowest BCUT2D eigenvalue weighted by Crippen LogP contribution is -2.51. The maximum Gasteiger partial charge on any atom is 0.170 e. The molecular formula is C16H20ClNO2. The average Bonchev–Trinajstić information content (AvgIpc) is 2.43. The third-order valence-corrected chi connectivity index (χ3v) is 4.59. The van der Waals surface area contributed by atoms with Gasteiger partial charge in [0.2, 0.25) is 0 Å². The van der Waals surface area contributed by atoms with Crippen molar-refractivity contribution in [3.63, 3.8) is 0 Å². The number of piperidine rings is 1. The topological polar surface area (TPSA) is 29.5 Å². The van der Waals surface area contributed by atoms with E-state index < -0.39 is 0 Å². The van der Waals surface area contributed by atoms with Gasteiger partial charge in [-0.15, -0.1) is 0 Å². The monoisotopic (exact) mass is 293 g/mol. The first kappa shape index (κ1) is 13.9. The van der Waals surface area contributed by atoms with Gasteiger partial charge in [0.05, 0.1) is 12.0 Å². The molecule has 1 saturated heterocycles. The molecule has 0 unspecified atom stereocenters. The van der Waals surface area contributed by atoms with Crippen molar-refractivity contribution in [1.29, 1.82) is 0 Å². The standard InChI is InChI=1S/C16H20ClNO2/c1-2-7-18-8-5-16(6-9-18)11-14(19)13-10-12(17)3-4-15(13)20-16/h3-4,10H,2,5-9,11H2,1H3. The van der Waals surface area contributed by atoms with Gasteiger partial charge in [0.1, 0.15) is 11.4 Å². The number of ketones is 1. The number of hydrogen-bond donors (Lipinski definition) is 0. The molecule has 108 valence electrons. The summed E-state index contributed by atoms with van der Waals surface area (Å²) < 4.78 is 6.21. The highest BCUT2D eigenvalue weighted by Crippen LogP contribution is 2.40. The number of nitrogens with zero attached hydrogens (tertiary/aromatic N) is 1. The molecule has 2 aliphatic heterocycles. The lowest BCUT2D eigenvalue weighted by Gasteiger charge is -2.44. The van der Waals surface area contributed by atoms with Crippen LogP contribution in [0.4, 0.5) is 0 Å². The van der Waals surface area contributed by atoms with Crippen LogP contribution in [0, 0.1) is 0 Å². The first-order valence-corrected chi connectivity index (χ1v) is 7.74. The predicted molar refractivity (Wildman–Crippen MR) is 79.7 cm³/mol. The Morgan fingerprint density at radius 3 is 2.80 bits per heavy atom. The fourth-order valence-corrected chi connectivity index (χ4v) is 3.42. The molecule has 1 aromatic carbocycles. The molecular weight excluding hydrogens is 274 g/mol. The number of halogens is 1. The maximum absolute atomic E-state index is 12.4. The van der Waals surface area contributed by atoms with E-state index in [2.05, 4.69) is 11.8 Å². The third kappa shape index (κ3) is 2.57. The number of hydrogen-bond acceptors (Lipinski definition) is 3. The minimum absolute atomic E-state index is 0.165. The summed E-state index contributed by atoms with van der Waals surface area (Å²) in [7, 11) is 0. The molecule has 0 atom stereocenters. The number of ether oxygens (including phenoxy) is 1. The van der Waals surface area contributed by atoms with E-state index in [-0.39, 0.29) is 11.4 Å². The summed E-state index contributed by atoms with van der Waals surface area (Å²) >= 11 is 5.96. The van der Waals surface area contributed by atoms with Gasteiger partial charge in [-0.05, 0) is 31.2 Å². The molecule has 1 spiro atoms. The highest BCUT2D eigenvalue weighted by molar-refractivity contribution is 6.31. The molecule has 2 heterocycles. The number of carbonyl (C=O) groups excluding carboxylic acids is 1. The maximum atomic E-state index is 12.4. The first-order valence-electron chi connectivity index (χ1n) is 7.36. The number of likely N-dealkylation sites (tertiary alicyclic amines) is 1. The molecule has 0 amide bonds. The minimum Gasteiger partial charge on any atom is -0.486 e. The van der Waals surface area contributed by atoms with Crippen molar-refractivity contribution < 1.29 is 9.53 Å². The molecule has 0 aromatic heterocycles. The molecule has 0 N–H and O–H groups in total. The molecule has 1 fully saturated rings. The second-order valence-corrected chi connectivity index (χ2v) is 6.30. The average molecular weight is 294 g/mol. The van der Waals surface area contributed by atoms with Crippen molar-refractivity contribution in [2.75, 3.05) is 19.6 Å². The minimum atomic E-state index is -0.290. The summed E-state index contributed by atoms with van der Waals surface area (Å²) in [6.07, 6.45) is 3.52. The van der Waals surface area contributed by atoms with Gasteiger partial charge < -0.3 is 9.64 Å². The van der Waals surface area contributed by atoms with Crippen molar-refractivity contribution in [2.45, 2.75) is 38.2 Å². The van der Waals surface area contributed by atoms with Gasteiger partial charge >= 0.3 is 0 Å². The largest absolute Gasteiger partial charge is 0.486 e. The molecule has 20 heavy (non-hydrogen) atoms. The molecule has 0 saturated carbocycles. The summed E-state index contributed by atoms with van der Waals surface area (Å²) in [5.74, 6) is 0.868. The van der Waals surface area contributed by atoms with Crippen molar-refractivity contribution >= 4 is 17.4 Å². The zero-order chi connectivity index (χ0) is 14.2. The fourth-order valence-electron chi connectivity index (χ4n) is 3.25. The molecule has 4 heteroatoms. The Bertz CT molecular complexity index is 521. The van der Waals surface area contributed by atoms with Crippen LogP contribution in [0.25, 0.3) is 0 Å². The van der Waals surface area contributed by atoms with Crippen molar-refractivity contribution in [3.05, 3.63) is 28.8 Å². The highest BCUT2D eigenvalue weighted by atomic mass is 35.5. The Morgan fingerprint density at radius 1 is 1.35 bits per heavy atom. The second kappa shape index (κ2) is 5.38. The van der Waals surface area contributed by atoms with Crippen LogP contribution in [0.1, 0.15) is 43.0 Å². The summed E-state index contributed by atoms with van der Waals surface area (Å²) in [6.45, 7) is 5.37. The zero-order valence-electron chi connectivity index (χ0n) is 11.8. The number of rotatable bonds is 2. The number of fused-ring (bicyclic) bond motifs is 1. The van der Waals surface area contributed by atoms with Crippen molar-refractivity contribution in [1.82, 2.24) is 4.90 Å². The molecule has 0 bridgehead atoms. The van der Waals surface area contributed by atoms with Crippen LogP contribution in [-0.4, -0.2) is 35.9 Å². The van der Waals surface area contributed by atoms with Crippen LogP contribution >= 0.6 is 11.6 Å². The van der Waals surface area contributed by atoms with E-state index in [0.717, 1.165) is 32.5 Å². The lowest BCUT2D eigenvalue weighted by molar-refractivity contribution is -0.00886. The van der Waals surface area contributed by atoms with E-state index in [1.165, 1.54) is 6.42 Å². The Morgan fingerprint density at radius 2 is 2.10 bits per heavy atom. The number of Topliss-reactive ketones (excluding diaryl/α,β-unsaturated/α-hetero) is 1. The van der Waals surface area contributed by atoms with E-state index >= 15 is 0 Å². The zero-order valence-corrected chi connectivity index (χ0v) is 12.6. The third-order valence-electron chi connectivity index (χ3n) is 4.36. The van der Waals surface area contributed by atoms with Crippen molar-refractivity contribution in [3.8, 4) is 5.75 Å². The summed E-state index contributed by atoms with van der Waals surface area (Å²) in [6, 6.07) is 5.34. The van der Waals surface area contributed by atoms with E-state index in [1.807, 2.05) is 6.07 Å². The smallest absolute Gasteiger partial charge is 0.170 e. The van der Waals surface area contributed by atoms with E-state index in [0.29, 0.717) is 22.8 Å². The molecule has 0 aliphatic carbocycles. The summed E-state index contributed by atoms with van der Waals surface area (Å²) in [5, 5.41) is 0.592. The van der Waals surface area contributed by atoms with Gasteiger partial charge in [-0.3, -0.25) is 4.79 Å². The number of benzene rings is 1. The van der Waals surface area contributed by atoms with Crippen molar-refractivity contribution in [2.24, 2.45) is 0 Å². The number of carbonyl (C=O) groups is 1. The fraction of sp³-hybridized carbons (Fsp3) is 0.562. The lowest BCUT2D eigenvalue weighted by atomic mass is 9.82. The van der Waals surface area contributed by atoms with Crippen LogP contribution in [0.3, 0.4) is 0 Å². The second-order valence-electron chi connectivity index (χ2n) is 5.87. The molecule has 3 nitrogen and oxygen atoms in total. The Hall–Kier alpha value is -1.06. The van der Waals surface area contributed by atoms with Crippen LogP contribution in [0.15, 0.2) is 18.2 Å². The Balaban J connectivity index is 1.78. The normalized spacial score (nSPS) is 21.6. The van der Waals surface area contributed by atoms with E-state index in [4.69, 9.17) is 16.3 Å². The van der Waals surface area contributed by atoms with Gasteiger partial charge in [-0.1, -0.05) is 18.5 Å². The van der Waals surface area contributed by atoms with Gasteiger partial charge in [0.15, 0.2) is 5.78 Å². The quantitative estimate of drug-likeness (QED) is 0.835. The van der Waals surface area contributed by atoms with Crippen LogP contribution < -0.4 is 4.74 Å². The highest BCUT2D eigenvalue weighted by Gasteiger charge is 2.42. The van der Waals surface area contributed by atoms with Gasteiger partial charge in [0.25, 0.3) is 0 Å². The van der Waals surface area contributed by atoms with Gasteiger partial charge in [-0.2, -0.15) is 0 Å². The van der Waals surface area contributed by atoms with E-state index in [9.17, 15) is 4.79 Å². The summed E-state index contributed by atoms with van der Waals surface area (Å²) in [4.78, 5) is 14.8. The van der Waals surface area contributed by atoms with E-state index in [1.54, 1.807) is 12.1 Å². The predicted octanol–water partition coefficient (Wildman–Crippen LogP) is 3.55. The molecule has 1 aromatic rings.